The number of amides is 1. The molecule has 0 aliphatic carbocycles. The summed E-state index contributed by atoms with van der Waals surface area (Å²) >= 11 is 1.29. The van der Waals surface area contributed by atoms with Gasteiger partial charge in [-0.15, -0.1) is 0 Å². The van der Waals surface area contributed by atoms with E-state index in [2.05, 4.69) is 10.3 Å². The molecule has 1 fully saturated rings. The van der Waals surface area contributed by atoms with Crippen molar-refractivity contribution >= 4 is 34.6 Å². The zero-order valence-corrected chi connectivity index (χ0v) is 15.1. The average Bonchev–Trinajstić information content (AvgIpc) is 3.21. The molecule has 2 aromatic rings. The zero-order valence-electron chi connectivity index (χ0n) is 14.2. The van der Waals surface area contributed by atoms with Gasteiger partial charge in [-0.25, -0.2) is 4.99 Å². The average molecular weight is 368 g/mol. The molecule has 0 bridgehead atoms. The third-order valence-corrected chi connectivity index (χ3v) is 4.81. The van der Waals surface area contributed by atoms with E-state index >= 15 is 0 Å². The molecule has 0 unspecified atom stereocenters. The molecular formula is C19H16N2O4S. The lowest BCUT2D eigenvalue weighted by molar-refractivity contribution is -0.115. The molecule has 1 N–H and O–H groups in total. The van der Waals surface area contributed by atoms with Crippen LogP contribution in [0.25, 0.3) is 6.08 Å². The van der Waals surface area contributed by atoms with Crippen LogP contribution in [0.4, 0.5) is 5.69 Å². The normalized spacial score (nSPS) is 18.5. The number of carbonyl (C=O) groups is 1. The van der Waals surface area contributed by atoms with Gasteiger partial charge < -0.3 is 19.5 Å². The Balaban J connectivity index is 1.60. The van der Waals surface area contributed by atoms with E-state index in [0.29, 0.717) is 33.0 Å². The first-order valence-corrected chi connectivity index (χ1v) is 8.78. The van der Waals surface area contributed by atoms with Gasteiger partial charge in [-0.2, -0.15) is 0 Å². The van der Waals surface area contributed by atoms with E-state index in [0.717, 1.165) is 11.1 Å². The molecule has 0 radical (unpaired) electrons. The minimum Gasteiger partial charge on any atom is -0.494 e. The second-order valence-corrected chi connectivity index (χ2v) is 6.80. The van der Waals surface area contributed by atoms with Crippen molar-refractivity contribution in [3.63, 3.8) is 0 Å². The van der Waals surface area contributed by atoms with Crippen molar-refractivity contribution in [1.82, 2.24) is 5.32 Å². The monoisotopic (exact) mass is 368 g/mol. The number of hydrogen-bond acceptors (Lipinski definition) is 6. The van der Waals surface area contributed by atoms with Gasteiger partial charge in [-0.05, 0) is 60.2 Å². The molecule has 1 saturated heterocycles. The minimum absolute atomic E-state index is 0.182. The number of amidine groups is 1. The quantitative estimate of drug-likeness (QED) is 0.838. The van der Waals surface area contributed by atoms with Crippen LogP contribution < -0.4 is 19.5 Å². The molecule has 2 aromatic carbocycles. The molecule has 2 aliphatic rings. The highest BCUT2D eigenvalue weighted by Crippen LogP contribution is 2.35. The third-order valence-electron chi connectivity index (χ3n) is 3.90. The van der Waals surface area contributed by atoms with Gasteiger partial charge in [-0.3, -0.25) is 4.79 Å². The topological polar surface area (TPSA) is 69.2 Å². The molecule has 0 spiro atoms. The molecule has 4 rings (SSSR count). The van der Waals surface area contributed by atoms with Crippen LogP contribution in [0.3, 0.4) is 0 Å². The first kappa shape index (κ1) is 16.5. The number of nitrogens with one attached hydrogen (secondary N) is 1. The fourth-order valence-electron chi connectivity index (χ4n) is 2.63. The number of ether oxygens (including phenoxy) is 3. The molecule has 0 atom stereocenters. The number of rotatable bonds is 3. The number of fused-ring (bicyclic) bond motifs is 1. The second-order valence-electron chi connectivity index (χ2n) is 5.77. The van der Waals surface area contributed by atoms with Crippen molar-refractivity contribution in [2.75, 3.05) is 13.9 Å². The van der Waals surface area contributed by atoms with Gasteiger partial charge in [0.1, 0.15) is 11.4 Å². The Morgan fingerprint density at radius 2 is 2.04 bits per heavy atom. The highest BCUT2D eigenvalue weighted by atomic mass is 32.2. The maximum atomic E-state index is 12.3. The number of aliphatic imine (C=N–C) groups is 1. The maximum Gasteiger partial charge on any atom is 0.264 e. The Morgan fingerprint density at radius 3 is 2.88 bits per heavy atom. The molecule has 7 heteroatoms. The van der Waals surface area contributed by atoms with Crippen LogP contribution in [-0.2, 0) is 4.79 Å². The van der Waals surface area contributed by atoms with Crippen LogP contribution in [0.5, 0.6) is 17.2 Å². The Morgan fingerprint density at radius 1 is 1.19 bits per heavy atom. The number of hydrogen-bond donors (Lipinski definition) is 1. The van der Waals surface area contributed by atoms with Crippen LogP contribution in [0.1, 0.15) is 11.1 Å². The molecular weight excluding hydrogens is 352 g/mol. The molecule has 0 aromatic heterocycles. The molecule has 26 heavy (non-hydrogen) atoms. The summed E-state index contributed by atoms with van der Waals surface area (Å²) in [5, 5.41) is 3.31. The van der Waals surface area contributed by atoms with E-state index in [4.69, 9.17) is 14.2 Å². The van der Waals surface area contributed by atoms with Gasteiger partial charge in [0.05, 0.1) is 12.0 Å². The molecule has 0 saturated carbocycles. The summed E-state index contributed by atoms with van der Waals surface area (Å²) in [5.74, 6) is 1.87. The van der Waals surface area contributed by atoms with Gasteiger partial charge in [0, 0.05) is 0 Å². The first-order valence-electron chi connectivity index (χ1n) is 7.96. The lowest BCUT2D eigenvalue weighted by Gasteiger charge is -2.05. The van der Waals surface area contributed by atoms with Gasteiger partial charge in [0.15, 0.2) is 16.7 Å². The van der Waals surface area contributed by atoms with E-state index in [1.807, 2.05) is 43.3 Å². The van der Waals surface area contributed by atoms with Crippen LogP contribution >= 0.6 is 11.8 Å². The lowest BCUT2D eigenvalue weighted by Crippen LogP contribution is -2.19. The van der Waals surface area contributed by atoms with Gasteiger partial charge >= 0.3 is 0 Å². The summed E-state index contributed by atoms with van der Waals surface area (Å²) in [6.07, 6.45) is 1.80. The standard InChI is InChI=1S/C19H16N2O4S/c1-11-3-5-14(23-2)13(7-11)20-19-21-18(22)17(26-19)9-12-4-6-15-16(8-12)25-10-24-15/h3-9H,10H2,1-2H3,(H,20,21,22)/b17-9-. The molecule has 2 aliphatic heterocycles. The summed E-state index contributed by atoms with van der Waals surface area (Å²) in [4.78, 5) is 17.4. The smallest absolute Gasteiger partial charge is 0.264 e. The van der Waals surface area contributed by atoms with E-state index in [-0.39, 0.29) is 12.7 Å². The molecule has 2 heterocycles. The lowest BCUT2D eigenvalue weighted by atomic mass is 10.2. The van der Waals surface area contributed by atoms with Crippen LogP contribution in [0.15, 0.2) is 46.3 Å². The number of aryl methyl sites for hydroxylation is 1. The van der Waals surface area contributed by atoms with Gasteiger partial charge in [0.25, 0.3) is 5.91 Å². The molecule has 132 valence electrons. The van der Waals surface area contributed by atoms with Crippen LogP contribution in [0, 0.1) is 6.92 Å². The van der Waals surface area contributed by atoms with Crippen molar-refractivity contribution in [3.8, 4) is 17.2 Å². The first-order chi connectivity index (χ1) is 12.6. The maximum absolute atomic E-state index is 12.3. The van der Waals surface area contributed by atoms with E-state index < -0.39 is 0 Å². The fourth-order valence-corrected chi connectivity index (χ4v) is 3.47. The summed E-state index contributed by atoms with van der Waals surface area (Å²) in [7, 11) is 1.60. The van der Waals surface area contributed by atoms with Crippen LogP contribution in [-0.4, -0.2) is 25.0 Å². The van der Waals surface area contributed by atoms with Crippen molar-refractivity contribution in [2.45, 2.75) is 6.92 Å². The second kappa shape index (κ2) is 6.76. The summed E-state index contributed by atoms with van der Waals surface area (Å²) in [6, 6.07) is 11.3. The van der Waals surface area contributed by atoms with Crippen LogP contribution in [0.2, 0.25) is 0 Å². The highest BCUT2D eigenvalue weighted by Gasteiger charge is 2.24. The number of nitrogens with zero attached hydrogens (tertiary/aromatic N) is 1. The number of methoxy groups -OCH3 is 1. The highest BCUT2D eigenvalue weighted by molar-refractivity contribution is 8.18. The fraction of sp³-hybridized carbons (Fsp3) is 0.158. The summed E-state index contributed by atoms with van der Waals surface area (Å²) in [5.41, 5.74) is 2.61. The van der Waals surface area contributed by atoms with Crippen molar-refractivity contribution in [3.05, 3.63) is 52.4 Å². The number of benzene rings is 2. The Kier molecular flexibility index (Phi) is 4.30. The van der Waals surface area contributed by atoms with Crippen molar-refractivity contribution in [2.24, 2.45) is 4.99 Å². The third kappa shape index (κ3) is 3.25. The molecule has 1 amide bonds. The van der Waals surface area contributed by atoms with Gasteiger partial charge in [-0.1, -0.05) is 12.1 Å². The van der Waals surface area contributed by atoms with Gasteiger partial charge in [0.2, 0.25) is 6.79 Å². The molecule has 6 nitrogen and oxygen atoms in total. The SMILES string of the molecule is COc1ccc(C)cc1N=C1NC(=O)/C(=C/c2ccc3c(c2)OCO3)S1. The van der Waals surface area contributed by atoms with E-state index in [1.54, 1.807) is 13.2 Å². The zero-order chi connectivity index (χ0) is 18.1. The Hall–Kier alpha value is -2.93. The number of carbonyl (C=O) groups excluding carboxylic acids is 1. The Bertz CT molecular complexity index is 953. The van der Waals surface area contributed by atoms with Crippen molar-refractivity contribution in [1.29, 1.82) is 0 Å². The Labute approximate surface area is 154 Å². The van der Waals surface area contributed by atoms with E-state index in [1.165, 1.54) is 11.8 Å². The number of thioether (sulfide) groups is 1. The predicted octanol–water partition coefficient (Wildman–Crippen LogP) is 3.62. The van der Waals surface area contributed by atoms with Crippen molar-refractivity contribution < 1.29 is 19.0 Å². The summed E-state index contributed by atoms with van der Waals surface area (Å²) < 4.78 is 16.0. The largest absolute Gasteiger partial charge is 0.494 e. The van der Waals surface area contributed by atoms with E-state index in [9.17, 15) is 4.79 Å². The summed E-state index contributed by atoms with van der Waals surface area (Å²) in [6.45, 7) is 2.20. The predicted molar refractivity (Wildman–Crippen MR) is 101 cm³/mol. The minimum atomic E-state index is -0.182.